The van der Waals surface area contributed by atoms with Crippen molar-refractivity contribution in [3.05, 3.63) is 83.3 Å². The number of halogens is 3. The van der Waals surface area contributed by atoms with Crippen LogP contribution in [-0.2, 0) is 11.0 Å². The standard InChI is InChI=1S/C20H16F3N3O2/c1-13-11-24-8-7-17(13)19(28)25-18(27)14-4-3-9-26(12-14)16-6-2-5-15(10-16)20(21,22)23/h2-11H,12H2,1H3,(H,25,27,28). The Hall–Kier alpha value is -3.42. The van der Waals surface area contributed by atoms with E-state index in [1.165, 1.54) is 41.6 Å². The predicted molar refractivity (Wildman–Crippen MR) is 97.5 cm³/mol. The molecule has 3 rings (SSSR count). The number of imide groups is 1. The summed E-state index contributed by atoms with van der Waals surface area (Å²) in [6, 6.07) is 6.32. The fourth-order valence-corrected chi connectivity index (χ4v) is 2.72. The average molecular weight is 387 g/mol. The zero-order chi connectivity index (χ0) is 20.3. The maximum atomic E-state index is 12.9. The van der Waals surface area contributed by atoms with Crippen molar-refractivity contribution in [1.29, 1.82) is 0 Å². The Morgan fingerprint density at radius 1 is 1.18 bits per heavy atom. The number of aromatic nitrogens is 1. The van der Waals surface area contributed by atoms with Crippen molar-refractivity contribution in [2.75, 3.05) is 11.4 Å². The minimum atomic E-state index is -4.46. The second kappa shape index (κ2) is 7.67. The van der Waals surface area contributed by atoms with Crippen LogP contribution in [-0.4, -0.2) is 23.3 Å². The summed E-state index contributed by atoms with van der Waals surface area (Å²) in [6.07, 6.45) is 3.14. The van der Waals surface area contributed by atoms with E-state index in [2.05, 4.69) is 10.3 Å². The molecule has 1 aromatic heterocycles. The number of carbonyl (C=O) groups excluding carboxylic acids is 2. The van der Waals surface area contributed by atoms with E-state index in [0.717, 1.165) is 12.1 Å². The van der Waals surface area contributed by atoms with Gasteiger partial charge in [0.2, 0.25) is 0 Å². The van der Waals surface area contributed by atoms with Crippen LogP contribution in [0.25, 0.3) is 0 Å². The summed E-state index contributed by atoms with van der Waals surface area (Å²) in [5, 5.41) is 2.30. The van der Waals surface area contributed by atoms with Crippen LogP contribution in [0.3, 0.4) is 0 Å². The fourth-order valence-electron chi connectivity index (χ4n) is 2.72. The number of hydrogen-bond acceptors (Lipinski definition) is 4. The maximum Gasteiger partial charge on any atom is 0.416 e. The van der Waals surface area contributed by atoms with Crippen LogP contribution in [0.2, 0.25) is 0 Å². The normalized spacial score (nSPS) is 13.9. The molecule has 2 heterocycles. The van der Waals surface area contributed by atoms with Gasteiger partial charge in [-0.1, -0.05) is 12.1 Å². The molecule has 0 radical (unpaired) electrons. The molecular weight excluding hydrogens is 371 g/mol. The van der Waals surface area contributed by atoms with Crippen LogP contribution in [0, 0.1) is 6.92 Å². The summed E-state index contributed by atoms with van der Waals surface area (Å²) in [6.45, 7) is 1.73. The lowest BCUT2D eigenvalue weighted by Gasteiger charge is -2.25. The molecule has 5 nitrogen and oxygen atoms in total. The molecule has 0 spiro atoms. The molecule has 144 valence electrons. The van der Waals surface area contributed by atoms with E-state index in [1.54, 1.807) is 19.2 Å². The number of nitrogens with one attached hydrogen (secondary N) is 1. The molecule has 2 aromatic rings. The van der Waals surface area contributed by atoms with Crippen LogP contribution in [0.1, 0.15) is 21.5 Å². The second-order valence-electron chi connectivity index (χ2n) is 6.18. The molecule has 0 bridgehead atoms. The molecule has 1 N–H and O–H groups in total. The minimum absolute atomic E-state index is 0.0340. The molecule has 2 amide bonds. The van der Waals surface area contributed by atoms with Gasteiger partial charge in [0, 0.05) is 35.4 Å². The Balaban J connectivity index is 1.73. The first-order valence-electron chi connectivity index (χ1n) is 8.33. The van der Waals surface area contributed by atoms with E-state index in [1.807, 2.05) is 0 Å². The van der Waals surface area contributed by atoms with Gasteiger partial charge in [-0.15, -0.1) is 0 Å². The highest BCUT2D eigenvalue weighted by molar-refractivity contribution is 6.11. The molecule has 0 aliphatic carbocycles. The Labute approximate surface area is 159 Å². The van der Waals surface area contributed by atoms with Crippen molar-refractivity contribution in [2.24, 2.45) is 0 Å². The van der Waals surface area contributed by atoms with Crippen molar-refractivity contribution in [3.8, 4) is 0 Å². The first-order chi connectivity index (χ1) is 13.3. The molecule has 1 aromatic carbocycles. The summed E-state index contributed by atoms with van der Waals surface area (Å²) in [7, 11) is 0. The molecule has 1 aliphatic heterocycles. The van der Waals surface area contributed by atoms with Gasteiger partial charge in [0.15, 0.2) is 0 Å². The van der Waals surface area contributed by atoms with Crippen molar-refractivity contribution in [3.63, 3.8) is 0 Å². The van der Waals surface area contributed by atoms with E-state index in [4.69, 9.17) is 0 Å². The summed E-state index contributed by atoms with van der Waals surface area (Å²) < 4.78 is 38.8. The number of amides is 2. The van der Waals surface area contributed by atoms with E-state index < -0.39 is 23.6 Å². The van der Waals surface area contributed by atoms with Crippen LogP contribution < -0.4 is 10.2 Å². The minimum Gasteiger partial charge on any atom is -0.343 e. The zero-order valence-electron chi connectivity index (χ0n) is 14.8. The van der Waals surface area contributed by atoms with Gasteiger partial charge in [0.05, 0.1) is 12.1 Å². The van der Waals surface area contributed by atoms with Gasteiger partial charge in [-0.3, -0.25) is 19.9 Å². The van der Waals surface area contributed by atoms with E-state index in [9.17, 15) is 22.8 Å². The summed E-state index contributed by atoms with van der Waals surface area (Å²) in [5.41, 5.74) is 0.712. The van der Waals surface area contributed by atoms with Gasteiger partial charge in [-0.25, -0.2) is 0 Å². The molecule has 28 heavy (non-hydrogen) atoms. The number of allylic oxidation sites excluding steroid dienone is 2. The fraction of sp³-hybridized carbons (Fsp3) is 0.150. The van der Waals surface area contributed by atoms with Gasteiger partial charge in [0.25, 0.3) is 11.8 Å². The van der Waals surface area contributed by atoms with Crippen molar-refractivity contribution < 1.29 is 22.8 Å². The SMILES string of the molecule is Cc1cnccc1C(=O)NC(=O)C1=CC=CN(c2cccc(C(F)(F)F)c2)C1. The molecule has 0 fully saturated rings. The highest BCUT2D eigenvalue weighted by Gasteiger charge is 2.31. The third-order valence-electron chi connectivity index (χ3n) is 4.19. The van der Waals surface area contributed by atoms with Crippen molar-refractivity contribution in [2.45, 2.75) is 13.1 Å². The van der Waals surface area contributed by atoms with E-state index in [-0.39, 0.29) is 12.1 Å². The number of hydrogen-bond donors (Lipinski definition) is 1. The van der Waals surface area contributed by atoms with Crippen LogP contribution in [0.4, 0.5) is 18.9 Å². The Bertz CT molecular complexity index is 981. The molecule has 0 atom stereocenters. The predicted octanol–water partition coefficient (Wildman–Crippen LogP) is 3.63. The number of rotatable bonds is 3. The first-order valence-corrected chi connectivity index (χ1v) is 8.33. The lowest BCUT2D eigenvalue weighted by molar-refractivity contribution is -0.137. The number of alkyl halides is 3. The summed E-state index contributed by atoms with van der Waals surface area (Å²) in [5.74, 6) is -1.17. The number of nitrogens with zero attached hydrogens (tertiary/aromatic N) is 2. The number of pyridine rings is 1. The van der Waals surface area contributed by atoms with Crippen LogP contribution in [0.5, 0.6) is 0 Å². The lowest BCUT2D eigenvalue weighted by atomic mass is 10.1. The second-order valence-corrected chi connectivity index (χ2v) is 6.18. The van der Waals surface area contributed by atoms with E-state index >= 15 is 0 Å². The first kappa shape index (κ1) is 19.3. The van der Waals surface area contributed by atoms with Crippen LogP contribution >= 0.6 is 0 Å². The number of aryl methyl sites for hydroxylation is 1. The molecule has 0 saturated carbocycles. The third kappa shape index (κ3) is 4.28. The number of benzene rings is 1. The molecule has 1 aliphatic rings. The Morgan fingerprint density at radius 3 is 2.68 bits per heavy atom. The van der Waals surface area contributed by atoms with E-state index in [0.29, 0.717) is 16.8 Å². The highest BCUT2D eigenvalue weighted by atomic mass is 19.4. The van der Waals surface area contributed by atoms with Crippen LogP contribution in [0.15, 0.2) is 66.7 Å². The monoisotopic (exact) mass is 387 g/mol. The number of carbonyl (C=O) groups is 2. The highest BCUT2D eigenvalue weighted by Crippen LogP contribution is 2.32. The summed E-state index contributed by atoms with van der Waals surface area (Å²) in [4.78, 5) is 30.1. The largest absolute Gasteiger partial charge is 0.416 e. The smallest absolute Gasteiger partial charge is 0.343 e. The summed E-state index contributed by atoms with van der Waals surface area (Å²) >= 11 is 0. The van der Waals surface area contributed by atoms with Gasteiger partial charge in [0.1, 0.15) is 0 Å². The molecule has 0 unspecified atom stereocenters. The quantitative estimate of drug-likeness (QED) is 0.817. The van der Waals surface area contributed by atoms with Crippen molar-refractivity contribution >= 4 is 17.5 Å². The van der Waals surface area contributed by atoms with Gasteiger partial charge in [-0.05, 0) is 42.8 Å². The zero-order valence-corrected chi connectivity index (χ0v) is 14.8. The topological polar surface area (TPSA) is 62.3 Å². The Kier molecular flexibility index (Phi) is 5.30. The third-order valence-corrected chi connectivity index (χ3v) is 4.19. The van der Waals surface area contributed by atoms with Crippen molar-refractivity contribution in [1.82, 2.24) is 10.3 Å². The molecule has 8 heteroatoms. The van der Waals surface area contributed by atoms with Gasteiger partial charge < -0.3 is 4.90 Å². The molecular formula is C20H16F3N3O2. The van der Waals surface area contributed by atoms with Gasteiger partial charge >= 0.3 is 6.18 Å². The number of anilines is 1. The molecule has 0 saturated heterocycles. The maximum absolute atomic E-state index is 12.9. The van der Waals surface area contributed by atoms with Gasteiger partial charge in [-0.2, -0.15) is 13.2 Å². The lowest BCUT2D eigenvalue weighted by Crippen LogP contribution is -2.36. The average Bonchev–Trinajstić information content (AvgIpc) is 2.68. The Morgan fingerprint density at radius 2 is 1.96 bits per heavy atom.